The molecule has 2 unspecified atom stereocenters. The van der Waals surface area contributed by atoms with Gasteiger partial charge in [0.25, 0.3) is 5.91 Å². The van der Waals surface area contributed by atoms with Crippen LogP contribution in [-0.2, 0) is 0 Å². The van der Waals surface area contributed by atoms with Crippen LogP contribution in [0.25, 0.3) is 0 Å². The van der Waals surface area contributed by atoms with Crippen LogP contribution in [0.15, 0.2) is 40.9 Å². The zero-order valence-corrected chi connectivity index (χ0v) is 21.2. The molecule has 0 radical (unpaired) electrons. The quantitative estimate of drug-likeness (QED) is 0.397. The molecule has 3 atom stereocenters. The van der Waals surface area contributed by atoms with E-state index in [4.69, 9.17) is 16.3 Å². The summed E-state index contributed by atoms with van der Waals surface area (Å²) in [5, 5.41) is 7.00. The number of hydrogen-bond acceptors (Lipinski definition) is 5. The van der Waals surface area contributed by atoms with Crippen LogP contribution in [0.3, 0.4) is 0 Å². The van der Waals surface area contributed by atoms with Crippen molar-refractivity contribution in [2.45, 2.75) is 19.4 Å². The van der Waals surface area contributed by atoms with E-state index in [1.165, 1.54) is 0 Å². The van der Waals surface area contributed by atoms with Crippen molar-refractivity contribution in [3.8, 4) is 5.75 Å². The Morgan fingerprint density at radius 1 is 1.27 bits per heavy atom. The lowest BCUT2D eigenvalue weighted by Gasteiger charge is -2.27. The minimum Gasteiger partial charge on any atom is -0.495 e. The highest BCUT2D eigenvalue weighted by Crippen LogP contribution is 2.37. The highest BCUT2D eigenvalue weighted by atomic mass is 79.9. The molecule has 1 amide bonds. The molecule has 0 aromatic heterocycles. The zero-order valence-electron chi connectivity index (χ0n) is 18.9. The number of carbonyl (C=O) groups is 2. The molecular weight excluding hydrogens is 506 g/mol. The first-order chi connectivity index (χ1) is 15.9. The average Bonchev–Trinajstić information content (AvgIpc) is 3.38. The number of carbonyl (C=O) groups excluding carboxylic acids is 2. The van der Waals surface area contributed by atoms with Crippen LogP contribution in [-0.4, -0.2) is 62.5 Å². The first kappa shape index (κ1) is 24.2. The van der Waals surface area contributed by atoms with E-state index >= 15 is 0 Å². The number of amides is 1. The number of benzene rings is 2. The monoisotopic (exact) mass is 533 g/mol. The number of likely N-dealkylation sites (tertiary alicyclic amines) is 1. The number of para-hydroxylation sites is 1. The fourth-order valence-electron chi connectivity index (χ4n) is 4.99. The van der Waals surface area contributed by atoms with E-state index in [9.17, 15) is 9.59 Å². The zero-order chi connectivity index (χ0) is 23.5. The van der Waals surface area contributed by atoms with E-state index in [-0.39, 0.29) is 23.7 Å². The first-order valence-electron chi connectivity index (χ1n) is 11.3. The van der Waals surface area contributed by atoms with Crippen LogP contribution in [0.4, 0.5) is 0 Å². The van der Waals surface area contributed by atoms with Crippen molar-refractivity contribution in [2.75, 3.05) is 39.8 Å². The van der Waals surface area contributed by atoms with Crippen LogP contribution < -0.4 is 15.4 Å². The molecule has 2 fully saturated rings. The highest BCUT2D eigenvalue weighted by Gasteiger charge is 2.47. The van der Waals surface area contributed by atoms with Gasteiger partial charge in [0, 0.05) is 36.8 Å². The lowest BCUT2D eigenvalue weighted by Crippen LogP contribution is -2.43. The smallest absolute Gasteiger partial charge is 0.251 e. The molecule has 0 saturated carbocycles. The third-order valence-corrected chi connectivity index (χ3v) is 7.74. The Labute approximate surface area is 208 Å². The molecular formula is C25H29BrClN3O3. The third kappa shape index (κ3) is 5.11. The Kier molecular flexibility index (Phi) is 7.74. The van der Waals surface area contributed by atoms with Crippen molar-refractivity contribution in [1.82, 2.24) is 15.5 Å². The van der Waals surface area contributed by atoms with Gasteiger partial charge in [0.05, 0.1) is 23.2 Å². The van der Waals surface area contributed by atoms with E-state index in [0.29, 0.717) is 34.4 Å². The Morgan fingerprint density at radius 3 is 2.85 bits per heavy atom. The predicted molar refractivity (Wildman–Crippen MR) is 133 cm³/mol. The number of nitrogens with zero attached hydrogens (tertiary/aromatic N) is 1. The van der Waals surface area contributed by atoms with E-state index < -0.39 is 0 Å². The summed E-state index contributed by atoms with van der Waals surface area (Å²) in [6.45, 7) is 5.85. The molecule has 6 nitrogen and oxygen atoms in total. The molecule has 2 aliphatic rings. The second-order valence-corrected chi connectivity index (χ2v) is 10.0. The molecule has 2 N–H and O–H groups in total. The second-order valence-electron chi connectivity index (χ2n) is 8.78. The van der Waals surface area contributed by atoms with Gasteiger partial charge < -0.3 is 15.4 Å². The Hall–Kier alpha value is -1.93. The lowest BCUT2D eigenvalue weighted by atomic mass is 9.89. The number of nitrogens with one attached hydrogen (secondary N) is 2. The van der Waals surface area contributed by atoms with Gasteiger partial charge in [0.2, 0.25) is 0 Å². The maximum atomic E-state index is 13.7. The number of ether oxygens (including phenoxy) is 1. The van der Waals surface area contributed by atoms with Gasteiger partial charge in [-0.2, -0.15) is 0 Å². The molecule has 2 aromatic rings. The van der Waals surface area contributed by atoms with Crippen LogP contribution in [0, 0.1) is 18.8 Å². The summed E-state index contributed by atoms with van der Waals surface area (Å²) in [5.41, 5.74) is 2.11. The Morgan fingerprint density at radius 2 is 2.09 bits per heavy atom. The molecule has 4 rings (SSSR count). The molecule has 2 aliphatic heterocycles. The van der Waals surface area contributed by atoms with Crippen molar-refractivity contribution in [3.63, 3.8) is 0 Å². The molecule has 0 aliphatic carbocycles. The van der Waals surface area contributed by atoms with Crippen molar-refractivity contribution in [3.05, 3.63) is 62.6 Å². The summed E-state index contributed by atoms with van der Waals surface area (Å²) < 4.78 is 6.31. The molecule has 2 heterocycles. The summed E-state index contributed by atoms with van der Waals surface area (Å²) in [4.78, 5) is 28.4. The normalized spacial score (nSPS) is 22.2. The Bertz CT molecular complexity index is 1050. The number of hydrogen-bond donors (Lipinski definition) is 2. The number of methoxy groups -OCH3 is 1. The second kappa shape index (κ2) is 10.6. The maximum Gasteiger partial charge on any atom is 0.251 e. The van der Waals surface area contributed by atoms with Crippen molar-refractivity contribution < 1.29 is 14.3 Å². The summed E-state index contributed by atoms with van der Waals surface area (Å²) in [7, 11) is 1.59. The number of Topliss-reactive ketones (excluding diaryl/α,β-unsaturated/α-hetero) is 1. The van der Waals surface area contributed by atoms with Crippen LogP contribution in [0.5, 0.6) is 5.75 Å². The third-order valence-electron chi connectivity index (χ3n) is 6.71. The topological polar surface area (TPSA) is 70.7 Å². The van der Waals surface area contributed by atoms with Gasteiger partial charge in [-0.15, -0.1) is 0 Å². The summed E-state index contributed by atoms with van der Waals surface area (Å²) in [6, 6.07) is 10.7. The van der Waals surface area contributed by atoms with Crippen molar-refractivity contribution in [1.29, 1.82) is 0 Å². The lowest BCUT2D eigenvalue weighted by molar-refractivity contribution is 0.0824. The number of rotatable bonds is 8. The van der Waals surface area contributed by atoms with Gasteiger partial charge in [0.1, 0.15) is 5.75 Å². The van der Waals surface area contributed by atoms with Gasteiger partial charge in [-0.25, -0.2) is 0 Å². The van der Waals surface area contributed by atoms with Gasteiger partial charge in [0.15, 0.2) is 5.78 Å². The molecule has 176 valence electrons. The first-order valence-corrected chi connectivity index (χ1v) is 12.4. The minimum atomic E-state index is -0.195. The van der Waals surface area contributed by atoms with E-state index in [2.05, 4.69) is 31.5 Å². The maximum absolute atomic E-state index is 13.7. The van der Waals surface area contributed by atoms with Crippen LogP contribution in [0.1, 0.15) is 32.7 Å². The van der Waals surface area contributed by atoms with Crippen LogP contribution in [0.2, 0.25) is 5.02 Å². The standard InChI is InChI=1S/C25H29BrClN3O3/c1-15-7-8-16(11-21(15)27)25(32)29-9-4-10-30-14-17-12-28-13-19(17)22(30)23(31)18-5-3-6-20(26)24(18)33-2/h3,5-8,11,17,19,22,28H,4,9-10,12-14H2,1-2H3,(H,29,32)/t17?,19?,22-/m0/s1. The molecule has 2 saturated heterocycles. The van der Waals surface area contributed by atoms with Crippen molar-refractivity contribution >= 4 is 39.2 Å². The fraction of sp³-hybridized carbons (Fsp3) is 0.440. The molecule has 2 aromatic carbocycles. The van der Waals surface area contributed by atoms with E-state index in [1.807, 2.05) is 31.2 Å². The molecule has 8 heteroatoms. The molecule has 0 spiro atoms. The minimum absolute atomic E-state index is 0.0997. The van der Waals surface area contributed by atoms with Gasteiger partial charge in [-0.05, 0) is 77.5 Å². The molecule has 0 bridgehead atoms. The summed E-state index contributed by atoms with van der Waals surface area (Å²) in [6.07, 6.45) is 0.762. The number of ketones is 1. The number of halogens is 2. The SMILES string of the molecule is COc1c(Br)cccc1C(=O)[C@@H]1C2CNCC2CN1CCCNC(=O)c1ccc(C)c(Cl)c1. The number of aryl methyl sites for hydroxylation is 1. The fourth-order valence-corrected chi connectivity index (χ4v) is 5.70. The summed E-state index contributed by atoms with van der Waals surface area (Å²) in [5.74, 6) is 1.29. The van der Waals surface area contributed by atoms with Crippen LogP contribution >= 0.6 is 27.5 Å². The van der Waals surface area contributed by atoms with Crippen molar-refractivity contribution in [2.24, 2.45) is 11.8 Å². The number of fused-ring (bicyclic) bond motifs is 1. The summed E-state index contributed by atoms with van der Waals surface area (Å²) >= 11 is 9.64. The predicted octanol–water partition coefficient (Wildman–Crippen LogP) is 3.94. The van der Waals surface area contributed by atoms with Gasteiger partial charge in [-0.1, -0.05) is 23.7 Å². The Balaban J connectivity index is 1.40. The largest absolute Gasteiger partial charge is 0.495 e. The van der Waals surface area contributed by atoms with E-state index in [0.717, 1.165) is 42.6 Å². The average molecular weight is 535 g/mol. The van der Waals surface area contributed by atoms with Gasteiger partial charge in [-0.3, -0.25) is 14.5 Å². The highest BCUT2D eigenvalue weighted by molar-refractivity contribution is 9.10. The van der Waals surface area contributed by atoms with Gasteiger partial charge >= 0.3 is 0 Å². The van der Waals surface area contributed by atoms with E-state index in [1.54, 1.807) is 19.2 Å². The molecule has 33 heavy (non-hydrogen) atoms.